The van der Waals surface area contributed by atoms with Crippen LogP contribution >= 0.6 is 0 Å². The maximum atomic E-state index is 5.90. The van der Waals surface area contributed by atoms with E-state index in [1.54, 1.807) is 0 Å². The predicted molar refractivity (Wildman–Crippen MR) is 67.0 cm³/mol. The van der Waals surface area contributed by atoms with Gasteiger partial charge in [-0.3, -0.25) is 0 Å². The van der Waals surface area contributed by atoms with Gasteiger partial charge in [0.2, 0.25) is 0 Å². The second kappa shape index (κ2) is 6.62. The van der Waals surface area contributed by atoms with Crippen LogP contribution in [0.5, 0.6) is 0 Å². The van der Waals surface area contributed by atoms with Crippen molar-refractivity contribution in [2.45, 2.75) is 52.0 Å². The van der Waals surface area contributed by atoms with Crippen LogP contribution in [0.3, 0.4) is 0 Å². The fraction of sp³-hybridized carbons (Fsp3) is 0.571. The fourth-order valence-corrected chi connectivity index (χ4v) is 1.72. The van der Waals surface area contributed by atoms with Gasteiger partial charge in [0.05, 0.1) is 0 Å². The second-order valence-corrected chi connectivity index (χ2v) is 4.27. The third kappa shape index (κ3) is 4.48. The molecule has 0 aliphatic rings. The van der Waals surface area contributed by atoms with E-state index in [1.807, 2.05) is 0 Å². The standard InChI is InChI=1S/C14H23N/c1-3-5-12-6-8-13(9-7-12)10-11-14(15)4-2/h6-9,14H,3-5,10-11,15H2,1-2H3. The monoisotopic (exact) mass is 205 g/mol. The highest BCUT2D eigenvalue weighted by molar-refractivity contribution is 5.22. The van der Waals surface area contributed by atoms with Crippen molar-refractivity contribution in [2.24, 2.45) is 5.73 Å². The molecule has 0 fully saturated rings. The summed E-state index contributed by atoms with van der Waals surface area (Å²) in [5, 5.41) is 0. The molecule has 2 N–H and O–H groups in total. The van der Waals surface area contributed by atoms with Crippen molar-refractivity contribution in [3.63, 3.8) is 0 Å². The largest absolute Gasteiger partial charge is 0.328 e. The summed E-state index contributed by atoms with van der Waals surface area (Å²) in [6.07, 6.45) is 5.70. The van der Waals surface area contributed by atoms with Crippen molar-refractivity contribution in [2.75, 3.05) is 0 Å². The molecule has 0 spiro atoms. The molecule has 1 aromatic rings. The van der Waals surface area contributed by atoms with E-state index in [1.165, 1.54) is 24.0 Å². The first-order valence-electron chi connectivity index (χ1n) is 6.09. The van der Waals surface area contributed by atoms with Gasteiger partial charge in [-0.15, -0.1) is 0 Å². The number of hydrogen-bond acceptors (Lipinski definition) is 1. The first kappa shape index (κ1) is 12.3. The van der Waals surface area contributed by atoms with Crippen LogP contribution in [0.1, 0.15) is 44.2 Å². The van der Waals surface area contributed by atoms with Crippen LogP contribution in [0.2, 0.25) is 0 Å². The maximum Gasteiger partial charge on any atom is 0.00393 e. The van der Waals surface area contributed by atoms with Gasteiger partial charge in [0.25, 0.3) is 0 Å². The third-order valence-electron chi connectivity index (χ3n) is 2.89. The minimum Gasteiger partial charge on any atom is -0.328 e. The molecule has 0 saturated carbocycles. The molecule has 0 radical (unpaired) electrons. The van der Waals surface area contributed by atoms with E-state index >= 15 is 0 Å². The van der Waals surface area contributed by atoms with Crippen molar-refractivity contribution in [3.8, 4) is 0 Å². The quantitative estimate of drug-likeness (QED) is 0.757. The van der Waals surface area contributed by atoms with Gasteiger partial charge in [-0.1, -0.05) is 44.5 Å². The molecule has 0 heterocycles. The van der Waals surface area contributed by atoms with E-state index in [0.29, 0.717) is 6.04 Å². The topological polar surface area (TPSA) is 26.0 Å². The van der Waals surface area contributed by atoms with Gasteiger partial charge >= 0.3 is 0 Å². The molecule has 0 aromatic heterocycles. The summed E-state index contributed by atoms with van der Waals surface area (Å²) in [5.41, 5.74) is 8.76. The molecular weight excluding hydrogens is 182 g/mol. The molecule has 0 aliphatic heterocycles. The van der Waals surface area contributed by atoms with E-state index in [0.717, 1.165) is 19.3 Å². The molecule has 0 bridgehead atoms. The van der Waals surface area contributed by atoms with Crippen molar-refractivity contribution in [1.82, 2.24) is 0 Å². The molecule has 0 saturated heterocycles. The molecule has 1 aromatic carbocycles. The van der Waals surface area contributed by atoms with Crippen molar-refractivity contribution in [1.29, 1.82) is 0 Å². The predicted octanol–water partition coefficient (Wildman–Crippen LogP) is 3.31. The summed E-state index contributed by atoms with van der Waals surface area (Å²) in [7, 11) is 0. The molecule has 15 heavy (non-hydrogen) atoms. The first-order chi connectivity index (χ1) is 7.26. The van der Waals surface area contributed by atoms with E-state index in [-0.39, 0.29) is 0 Å². The highest BCUT2D eigenvalue weighted by Gasteiger charge is 2.00. The fourth-order valence-electron chi connectivity index (χ4n) is 1.72. The van der Waals surface area contributed by atoms with Crippen molar-refractivity contribution < 1.29 is 0 Å². The number of aryl methyl sites for hydroxylation is 2. The van der Waals surface area contributed by atoms with Crippen LogP contribution in [0, 0.1) is 0 Å². The summed E-state index contributed by atoms with van der Waals surface area (Å²) < 4.78 is 0. The third-order valence-corrected chi connectivity index (χ3v) is 2.89. The van der Waals surface area contributed by atoms with Crippen LogP contribution in [0.15, 0.2) is 24.3 Å². The summed E-state index contributed by atoms with van der Waals surface area (Å²) in [6, 6.07) is 9.34. The maximum absolute atomic E-state index is 5.90. The van der Waals surface area contributed by atoms with E-state index in [4.69, 9.17) is 5.73 Å². The smallest absolute Gasteiger partial charge is 0.00393 e. The van der Waals surface area contributed by atoms with Crippen LogP contribution in [0.25, 0.3) is 0 Å². The second-order valence-electron chi connectivity index (χ2n) is 4.27. The van der Waals surface area contributed by atoms with Gasteiger partial charge in [-0.25, -0.2) is 0 Å². The molecular formula is C14H23N. The van der Waals surface area contributed by atoms with Gasteiger partial charge in [-0.2, -0.15) is 0 Å². The number of hydrogen-bond donors (Lipinski definition) is 1. The Balaban J connectivity index is 2.42. The molecule has 0 amide bonds. The van der Waals surface area contributed by atoms with Crippen molar-refractivity contribution in [3.05, 3.63) is 35.4 Å². The van der Waals surface area contributed by atoms with Gasteiger partial charge in [0.1, 0.15) is 0 Å². The van der Waals surface area contributed by atoms with E-state index < -0.39 is 0 Å². The Kier molecular flexibility index (Phi) is 5.41. The van der Waals surface area contributed by atoms with E-state index in [9.17, 15) is 0 Å². The lowest BCUT2D eigenvalue weighted by Crippen LogP contribution is -2.19. The number of rotatable bonds is 6. The Morgan fingerprint density at radius 3 is 2.00 bits per heavy atom. The Hall–Kier alpha value is -0.820. The molecule has 1 nitrogen and oxygen atoms in total. The highest BCUT2D eigenvalue weighted by atomic mass is 14.6. The average molecular weight is 205 g/mol. The minimum absolute atomic E-state index is 0.361. The normalized spacial score (nSPS) is 12.7. The zero-order valence-electron chi connectivity index (χ0n) is 10.00. The van der Waals surface area contributed by atoms with Gasteiger partial charge in [0.15, 0.2) is 0 Å². The summed E-state index contributed by atoms with van der Waals surface area (Å²) in [4.78, 5) is 0. The molecule has 84 valence electrons. The van der Waals surface area contributed by atoms with Gasteiger partial charge in [0, 0.05) is 6.04 Å². The lowest BCUT2D eigenvalue weighted by molar-refractivity contribution is 0.596. The van der Waals surface area contributed by atoms with E-state index in [2.05, 4.69) is 38.1 Å². The first-order valence-corrected chi connectivity index (χ1v) is 6.09. The lowest BCUT2D eigenvalue weighted by Gasteiger charge is -2.08. The van der Waals surface area contributed by atoms with Crippen LogP contribution < -0.4 is 5.73 Å². The Bertz CT molecular complexity index is 263. The summed E-state index contributed by atoms with van der Waals surface area (Å²) in [5.74, 6) is 0. The molecule has 0 aliphatic carbocycles. The zero-order chi connectivity index (χ0) is 11.1. The van der Waals surface area contributed by atoms with Crippen molar-refractivity contribution >= 4 is 0 Å². The van der Waals surface area contributed by atoms with Gasteiger partial charge in [-0.05, 0) is 36.8 Å². The molecule has 1 unspecified atom stereocenters. The van der Waals surface area contributed by atoms with Gasteiger partial charge < -0.3 is 5.73 Å². The number of benzene rings is 1. The molecule has 1 rings (SSSR count). The minimum atomic E-state index is 0.361. The summed E-state index contributed by atoms with van der Waals surface area (Å²) >= 11 is 0. The van der Waals surface area contributed by atoms with Crippen LogP contribution in [-0.4, -0.2) is 6.04 Å². The SMILES string of the molecule is CCCc1ccc(CCC(N)CC)cc1. The number of nitrogens with two attached hydrogens (primary N) is 1. The lowest BCUT2D eigenvalue weighted by atomic mass is 10.0. The molecule has 1 heteroatoms. The highest BCUT2D eigenvalue weighted by Crippen LogP contribution is 2.09. The zero-order valence-corrected chi connectivity index (χ0v) is 10.00. The Morgan fingerprint density at radius 2 is 1.53 bits per heavy atom. The molecule has 1 atom stereocenters. The van der Waals surface area contributed by atoms with Crippen LogP contribution in [0.4, 0.5) is 0 Å². The van der Waals surface area contributed by atoms with Crippen LogP contribution in [-0.2, 0) is 12.8 Å². The average Bonchev–Trinajstić information content (AvgIpc) is 2.28. The summed E-state index contributed by atoms with van der Waals surface area (Å²) in [6.45, 7) is 4.36. The Labute approximate surface area is 93.7 Å². The Morgan fingerprint density at radius 1 is 1.00 bits per heavy atom.